The molecule has 2 aromatic heterocycles. The number of rotatable bonds is 5. The van der Waals surface area contributed by atoms with Crippen molar-refractivity contribution in [3.63, 3.8) is 0 Å². The zero-order chi connectivity index (χ0) is 21.2. The molecule has 4 saturated heterocycles. The standard InChI is InChI=1S/C22H28N8S/c1-15-10-24-20(25-18-7-16(2)27-31-18)26-19(15)28-12-21(13-28,3-4-23)30-6-5-29-11-17-8-22(29,9-17)14-30/h7,10,17H,3,5-6,8-9,11-14H2,1-2H3,(H,24,25,26). The summed E-state index contributed by atoms with van der Waals surface area (Å²) in [5.74, 6) is 2.48. The normalized spacial score (nSPS) is 29.1. The van der Waals surface area contributed by atoms with Gasteiger partial charge < -0.3 is 10.2 Å². The molecule has 0 amide bonds. The maximum atomic E-state index is 9.63. The number of nitrogens with one attached hydrogen (secondary N) is 1. The van der Waals surface area contributed by atoms with E-state index in [1.165, 1.54) is 30.9 Å². The first-order valence-corrected chi connectivity index (χ1v) is 11.9. The molecular formula is C22H28N8S. The molecule has 0 aromatic carbocycles. The highest BCUT2D eigenvalue weighted by atomic mass is 32.1. The second kappa shape index (κ2) is 6.86. The highest BCUT2D eigenvalue weighted by Crippen LogP contribution is 2.53. The molecule has 9 heteroatoms. The minimum atomic E-state index is -0.0525. The number of piperazine rings is 1. The van der Waals surface area contributed by atoms with Crippen LogP contribution in [0.5, 0.6) is 0 Å². The summed E-state index contributed by atoms with van der Waals surface area (Å²) >= 11 is 1.42. The highest BCUT2D eigenvalue weighted by Gasteiger charge is 2.61. The van der Waals surface area contributed by atoms with E-state index < -0.39 is 0 Å². The SMILES string of the molecule is Cc1cc(Nc2ncc(C)c(N3CC(CC#N)(N4CCN5CC6CC5(C6)C4)C3)n2)sn1. The Morgan fingerprint density at radius 2 is 2.03 bits per heavy atom. The summed E-state index contributed by atoms with van der Waals surface area (Å²) in [4.78, 5) is 17.0. The monoisotopic (exact) mass is 436 g/mol. The Morgan fingerprint density at radius 1 is 1.23 bits per heavy atom. The quantitative estimate of drug-likeness (QED) is 0.766. The van der Waals surface area contributed by atoms with Crippen molar-refractivity contribution in [1.29, 1.82) is 5.26 Å². The summed E-state index contributed by atoms with van der Waals surface area (Å²) in [6.45, 7) is 10.4. The molecule has 2 bridgehead atoms. The third-order valence-electron chi connectivity index (χ3n) is 7.77. The van der Waals surface area contributed by atoms with Crippen LogP contribution in [0, 0.1) is 31.1 Å². The second-order valence-corrected chi connectivity index (χ2v) is 10.7. The molecule has 162 valence electrons. The van der Waals surface area contributed by atoms with Crippen LogP contribution < -0.4 is 10.2 Å². The molecule has 0 unspecified atom stereocenters. The molecule has 1 spiro atoms. The average molecular weight is 437 g/mol. The van der Waals surface area contributed by atoms with Crippen LogP contribution in [0.1, 0.15) is 30.5 Å². The Balaban J connectivity index is 1.20. The maximum Gasteiger partial charge on any atom is 0.229 e. The van der Waals surface area contributed by atoms with Crippen LogP contribution >= 0.6 is 11.5 Å². The summed E-state index contributed by atoms with van der Waals surface area (Å²) in [7, 11) is 0. The van der Waals surface area contributed by atoms with E-state index in [1.807, 2.05) is 19.2 Å². The molecule has 6 heterocycles. The Hall–Kier alpha value is -2.28. The number of nitrogens with zero attached hydrogens (tertiary/aromatic N) is 7. The van der Waals surface area contributed by atoms with E-state index >= 15 is 0 Å². The molecule has 1 N–H and O–H groups in total. The molecule has 1 saturated carbocycles. The number of hydrogen-bond acceptors (Lipinski definition) is 9. The van der Waals surface area contributed by atoms with Gasteiger partial charge in [-0.15, -0.1) is 0 Å². The van der Waals surface area contributed by atoms with E-state index in [-0.39, 0.29) is 5.54 Å². The van der Waals surface area contributed by atoms with Gasteiger partial charge in [0.25, 0.3) is 0 Å². The number of nitriles is 1. The van der Waals surface area contributed by atoms with Crippen LogP contribution in [-0.2, 0) is 0 Å². The first kappa shape index (κ1) is 19.4. The summed E-state index contributed by atoms with van der Waals surface area (Å²) < 4.78 is 4.31. The van der Waals surface area contributed by atoms with Gasteiger partial charge in [0, 0.05) is 56.6 Å². The van der Waals surface area contributed by atoms with Crippen LogP contribution in [0.2, 0.25) is 0 Å². The molecule has 2 aromatic rings. The topological polar surface area (TPSA) is 84.2 Å². The van der Waals surface area contributed by atoms with Crippen molar-refractivity contribution < 1.29 is 0 Å². The van der Waals surface area contributed by atoms with E-state index in [1.54, 1.807) is 0 Å². The van der Waals surface area contributed by atoms with Crippen LogP contribution in [0.4, 0.5) is 16.8 Å². The molecule has 0 atom stereocenters. The molecule has 8 nitrogen and oxygen atoms in total. The minimum Gasteiger partial charge on any atom is -0.352 e. The molecule has 7 rings (SSSR count). The number of anilines is 3. The Morgan fingerprint density at radius 3 is 2.77 bits per heavy atom. The van der Waals surface area contributed by atoms with Crippen molar-refractivity contribution in [2.24, 2.45) is 5.92 Å². The fraction of sp³-hybridized carbons (Fsp3) is 0.636. The zero-order valence-corrected chi connectivity index (χ0v) is 19.0. The van der Waals surface area contributed by atoms with Crippen LogP contribution in [0.3, 0.4) is 0 Å². The van der Waals surface area contributed by atoms with E-state index in [0.717, 1.165) is 60.7 Å². The predicted molar refractivity (Wildman–Crippen MR) is 121 cm³/mol. The van der Waals surface area contributed by atoms with Crippen molar-refractivity contribution in [2.75, 3.05) is 49.5 Å². The van der Waals surface area contributed by atoms with Gasteiger partial charge in [0.1, 0.15) is 10.8 Å². The lowest BCUT2D eigenvalue weighted by Gasteiger charge is -2.61. The summed E-state index contributed by atoms with van der Waals surface area (Å²) in [6.07, 6.45) is 5.17. The van der Waals surface area contributed by atoms with Crippen LogP contribution in [-0.4, -0.2) is 74.5 Å². The molecule has 5 fully saturated rings. The number of hydrogen-bond donors (Lipinski definition) is 1. The van der Waals surface area contributed by atoms with E-state index in [9.17, 15) is 5.26 Å². The number of aromatic nitrogens is 3. The minimum absolute atomic E-state index is 0.0525. The van der Waals surface area contributed by atoms with Gasteiger partial charge >= 0.3 is 0 Å². The number of aryl methyl sites for hydroxylation is 2. The van der Waals surface area contributed by atoms with Gasteiger partial charge in [0.05, 0.1) is 23.7 Å². The summed E-state index contributed by atoms with van der Waals surface area (Å²) in [6, 6.07) is 4.50. The van der Waals surface area contributed by atoms with Gasteiger partial charge in [0.15, 0.2) is 0 Å². The third-order valence-corrected chi connectivity index (χ3v) is 8.56. The maximum absolute atomic E-state index is 9.63. The molecule has 0 radical (unpaired) electrons. The van der Waals surface area contributed by atoms with Gasteiger partial charge in [-0.05, 0) is 50.2 Å². The van der Waals surface area contributed by atoms with Gasteiger partial charge in [0.2, 0.25) is 5.95 Å². The van der Waals surface area contributed by atoms with Crippen LogP contribution in [0.25, 0.3) is 0 Å². The lowest BCUT2D eigenvalue weighted by Crippen LogP contribution is -2.75. The van der Waals surface area contributed by atoms with Gasteiger partial charge in [-0.1, -0.05) is 0 Å². The van der Waals surface area contributed by atoms with E-state index in [0.29, 0.717) is 17.9 Å². The molecule has 31 heavy (non-hydrogen) atoms. The van der Waals surface area contributed by atoms with Gasteiger partial charge in [-0.25, -0.2) is 4.98 Å². The molecule has 4 aliphatic heterocycles. The van der Waals surface area contributed by atoms with Crippen molar-refractivity contribution in [3.05, 3.63) is 23.5 Å². The zero-order valence-electron chi connectivity index (χ0n) is 18.1. The molecule has 1 aliphatic carbocycles. The Bertz CT molecular complexity index is 1050. The van der Waals surface area contributed by atoms with Gasteiger partial charge in [-0.3, -0.25) is 9.80 Å². The fourth-order valence-electron chi connectivity index (χ4n) is 6.28. The predicted octanol–water partition coefficient (Wildman–Crippen LogP) is 2.55. The van der Waals surface area contributed by atoms with Crippen molar-refractivity contribution in [3.8, 4) is 6.07 Å². The van der Waals surface area contributed by atoms with E-state index in [4.69, 9.17) is 4.98 Å². The first-order valence-electron chi connectivity index (χ1n) is 11.1. The summed E-state index contributed by atoms with van der Waals surface area (Å²) in [5.41, 5.74) is 2.41. The van der Waals surface area contributed by atoms with Crippen LogP contribution in [0.15, 0.2) is 12.3 Å². The molecular weight excluding hydrogens is 408 g/mol. The third kappa shape index (κ3) is 3.04. The highest BCUT2D eigenvalue weighted by molar-refractivity contribution is 7.10. The largest absolute Gasteiger partial charge is 0.352 e. The van der Waals surface area contributed by atoms with Crippen molar-refractivity contribution in [2.45, 2.75) is 44.2 Å². The second-order valence-electron chi connectivity index (χ2n) is 9.94. The first-order chi connectivity index (χ1) is 15.0. The smallest absolute Gasteiger partial charge is 0.229 e. The van der Waals surface area contributed by atoms with Gasteiger partial charge in [-0.2, -0.15) is 14.6 Å². The summed E-state index contributed by atoms with van der Waals surface area (Å²) in [5, 5.41) is 13.9. The molecule has 5 aliphatic rings. The van der Waals surface area contributed by atoms with E-state index in [2.05, 4.69) is 42.4 Å². The Kier molecular flexibility index (Phi) is 4.29. The fourth-order valence-corrected chi connectivity index (χ4v) is 6.93. The van der Waals surface area contributed by atoms with Crippen molar-refractivity contribution >= 4 is 28.3 Å². The Labute approximate surface area is 187 Å². The average Bonchev–Trinajstić information content (AvgIpc) is 3.38. The lowest BCUT2D eigenvalue weighted by atomic mass is 9.71. The lowest BCUT2D eigenvalue weighted by molar-refractivity contribution is -0.0521. The van der Waals surface area contributed by atoms with Crippen molar-refractivity contribution in [1.82, 2.24) is 24.1 Å².